The van der Waals surface area contributed by atoms with Crippen molar-refractivity contribution in [2.24, 2.45) is 0 Å². The van der Waals surface area contributed by atoms with E-state index >= 15 is 0 Å². The van der Waals surface area contributed by atoms with Gasteiger partial charge in [0.1, 0.15) is 11.3 Å². The van der Waals surface area contributed by atoms with Gasteiger partial charge in [-0.25, -0.2) is 4.39 Å². The molecular weight excluding hydrogens is 333 g/mol. The fraction of sp³-hybridized carbons (Fsp3) is 0.118. The maximum absolute atomic E-state index is 13.7. The first-order valence-electron chi connectivity index (χ1n) is 6.58. The van der Waals surface area contributed by atoms with Crippen molar-refractivity contribution in [2.45, 2.75) is 13.2 Å². The Bertz CT molecular complexity index is 758. The number of fused-ring (bicyclic) bond motifs is 1. The van der Waals surface area contributed by atoms with Gasteiger partial charge in [0.2, 0.25) is 0 Å². The van der Waals surface area contributed by atoms with Crippen LogP contribution in [0.1, 0.15) is 11.1 Å². The Labute approximate surface area is 130 Å². The van der Waals surface area contributed by atoms with Gasteiger partial charge in [-0.2, -0.15) is 0 Å². The lowest BCUT2D eigenvalue weighted by Crippen LogP contribution is -1.96. The van der Waals surface area contributed by atoms with E-state index in [9.17, 15) is 4.39 Å². The van der Waals surface area contributed by atoms with E-state index < -0.39 is 0 Å². The maximum Gasteiger partial charge on any atom is 0.149 e. The van der Waals surface area contributed by atoms with Crippen LogP contribution in [-0.2, 0) is 18.0 Å². The van der Waals surface area contributed by atoms with Gasteiger partial charge >= 0.3 is 0 Å². The third-order valence-corrected chi connectivity index (χ3v) is 3.78. The topological polar surface area (TPSA) is 22.1 Å². The third-order valence-electron chi connectivity index (χ3n) is 3.25. The molecule has 0 radical (unpaired) electrons. The highest BCUT2D eigenvalue weighted by Crippen LogP contribution is 2.20. The molecule has 0 aliphatic heterocycles. The van der Waals surface area contributed by atoms with Crippen LogP contribution >= 0.6 is 15.9 Å². The minimum absolute atomic E-state index is 0.303. The summed E-state index contributed by atoms with van der Waals surface area (Å²) in [5.41, 5.74) is 2.43. The zero-order valence-corrected chi connectivity index (χ0v) is 12.8. The average Bonchev–Trinajstić information content (AvgIpc) is 2.50. The minimum atomic E-state index is -0.303. The molecule has 4 heteroatoms. The lowest BCUT2D eigenvalue weighted by Gasteiger charge is -2.08. The second-order valence-electron chi connectivity index (χ2n) is 4.73. The number of nitrogens with zero attached hydrogens (tertiary/aromatic N) is 1. The zero-order valence-electron chi connectivity index (χ0n) is 11.2. The number of pyridine rings is 1. The maximum atomic E-state index is 13.7. The van der Waals surface area contributed by atoms with Crippen LogP contribution in [0.25, 0.3) is 10.9 Å². The minimum Gasteiger partial charge on any atom is -0.372 e. The molecule has 0 amide bonds. The molecule has 0 atom stereocenters. The van der Waals surface area contributed by atoms with Crippen LogP contribution in [-0.4, -0.2) is 4.98 Å². The Morgan fingerprint density at radius 3 is 2.62 bits per heavy atom. The highest BCUT2D eigenvalue weighted by atomic mass is 79.9. The van der Waals surface area contributed by atoms with Gasteiger partial charge < -0.3 is 4.74 Å². The van der Waals surface area contributed by atoms with Crippen molar-refractivity contribution in [2.75, 3.05) is 0 Å². The number of hydrogen-bond acceptors (Lipinski definition) is 2. The Kier molecular flexibility index (Phi) is 4.27. The average molecular weight is 346 g/mol. The molecule has 0 unspecified atom stereocenters. The number of hydrogen-bond donors (Lipinski definition) is 0. The molecule has 0 N–H and O–H groups in total. The molecule has 0 aliphatic rings. The number of aromatic nitrogens is 1. The van der Waals surface area contributed by atoms with E-state index in [-0.39, 0.29) is 5.82 Å². The molecule has 2 aromatic carbocycles. The van der Waals surface area contributed by atoms with Crippen molar-refractivity contribution in [3.63, 3.8) is 0 Å². The van der Waals surface area contributed by atoms with E-state index in [0.29, 0.717) is 18.7 Å². The van der Waals surface area contributed by atoms with E-state index in [1.54, 1.807) is 12.3 Å². The van der Waals surface area contributed by atoms with Crippen LogP contribution in [0, 0.1) is 5.82 Å². The molecule has 2 nitrogen and oxygen atoms in total. The first-order chi connectivity index (χ1) is 10.2. The Morgan fingerprint density at radius 2 is 1.81 bits per heavy atom. The van der Waals surface area contributed by atoms with Gasteiger partial charge in [0, 0.05) is 16.1 Å². The molecule has 3 rings (SSSR count). The summed E-state index contributed by atoms with van der Waals surface area (Å²) in [5, 5.41) is 0.799. The van der Waals surface area contributed by atoms with E-state index in [1.807, 2.05) is 36.4 Å². The molecule has 0 spiro atoms. The standard InChI is InChI=1S/C17H13BrFNO/c18-14-6-4-12(5-7-14)10-21-11-13-8-9-20-17-15(13)2-1-3-16(17)19/h1-9H,10-11H2. The van der Waals surface area contributed by atoms with E-state index in [2.05, 4.69) is 20.9 Å². The number of ether oxygens (including phenoxy) is 1. The molecule has 21 heavy (non-hydrogen) atoms. The zero-order chi connectivity index (χ0) is 14.7. The molecule has 0 saturated carbocycles. The largest absolute Gasteiger partial charge is 0.372 e. The van der Waals surface area contributed by atoms with E-state index in [0.717, 1.165) is 21.0 Å². The van der Waals surface area contributed by atoms with Crippen molar-refractivity contribution in [1.82, 2.24) is 4.98 Å². The van der Waals surface area contributed by atoms with Crippen molar-refractivity contribution in [3.8, 4) is 0 Å². The summed E-state index contributed by atoms with van der Waals surface area (Å²) in [6, 6.07) is 14.8. The summed E-state index contributed by atoms with van der Waals surface area (Å²) >= 11 is 3.40. The Morgan fingerprint density at radius 1 is 1.00 bits per heavy atom. The van der Waals surface area contributed by atoms with Crippen molar-refractivity contribution in [1.29, 1.82) is 0 Å². The fourth-order valence-electron chi connectivity index (χ4n) is 2.18. The normalized spacial score (nSPS) is 11.0. The van der Waals surface area contributed by atoms with Crippen LogP contribution < -0.4 is 0 Å². The Balaban J connectivity index is 1.73. The molecule has 0 bridgehead atoms. The van der Waals surface area contributed by atoms with E-state index in [4.69, 9.17) is 4.74 Å². The summed E-state index contributed by atoms with van der Waals surface area (Å²) in [4.78, 5) is 4.08. The first-order valence-corrected chi connectivity index (χ1v) is 7.37. The fourth-order valence-corrected chi connectivity index (χ4v) is 2.45. The summed E-state index contributed by atoms with van der Waals surface area (Å²) in [5.74, 6) is -0.303. The SMILES string of the molecule is Fc1cccc2c(COCc3ccc(Br)cc3)ccnc12. The number of rotatable bonds is 4. The van der Waals surface area contributed by atoms with Gasteiger partial charge in [0.05, 0.1) is 13.2 Å². The lowest BCUT2D eigenvalue weighted by molar-refractivity contribution is 0.108. The number of para-hydroxylation sites is 1. The van der Waals surface area contributed by atoms with Gasteiger partial charge in [-0.15, -0.1) is 0 Å². The predicted octanol–water partition coefficient (Wildman–Crippen LogP) is 4.85. The summed E-state index contributed by atoms with van der Waals surface area (Å²) in [6.45, 7) is 0.949. The van der Waals surface area contributed by atoms with Crippen molar-refractivity contribution < 1.29 is 9.13 Å². The van der Waals surface area contributed by atoms with Crippen LogP contribution in [0.4, 0.5) is 4.39 Å². The lowest BCUT2D eigenvalue weighted by atomic mass is 10.1. The van der Waals surface area contributed by atoms with Gasteiger partial charge in [0.15, 0.2) is 0 Å². The van der Waals surface area contributed by atoms with Gasteiger partial charge in [-0.3, -0.25) is 4.98 Å². The molecule has 1 heterocycles. The van der Waals surface area contributed by atoms with Crippen LogP contribution in [0.3, 0.4) is 0 Å². The summed E-state index contributed by atoms with van der Waals surface area (Å²) in [6.07, 6.45) is 1.61. The van der Waals surface area contributed by atoms with Crippen molar-refractivity contribution >= 4 is 26.8 Å². The third kappa shape index (κ3) is 3.28. The number of benzene rings is 2. The van der Waals surface area contributed by atoms with Gasteiger partial charge in [-0.05, 0) is 35.4 Å². The van der Waals surface area contributed by atoms with Crippen molar-refractivity contribution in [3.05, 3.63) is 76.1 Å². The smallest absolute Gasteiger partial charge is 0.149 e. The Hall–Kier alpha value is -1.78. The molecular formula is C17H13BrFNO. The monoisotopic (exact) mass is 345 g/mol. The van der Waals surface area contributed by atoms with E-state index in [1.165, 1.54) is 6.07 Å². The highest BCUT2D eigenvalue weighted by Gasteiger charge is 2.06. The molecule has 106 valence electrons. The molecule has 0 saturated heterocycles. The van der Waals surface area contributed by atoms with Gasteiger partial charge in [0.25, 0.3) is 0 Å². The first kappa shape index (κ1) is 14.2. The predicted molar refractivity (Wildman–Crippen MR) is 84.3 cm³/mol. The number of halogens is 2. The van der Waals surface area contributed by atoms with Gasteiger partial charge in [-0.1, -0.05) is 40.2 Å². The quantitative estimate of drug-likeness (QED) is 0.674. The molecule has 3 aromatic rings. The second kappa shape index (κ2) is 6.33. The molecule has 0 aliphatic carbocycles. The van der Waals surface area contributed by atoms with Crippen LogP contribution in [0.2, 0.25) is 0 Å². The summed E-state index contributed by atoms with van der Waals surface area (Å²) in [7, 11) is 0. The second-order valence-corrected chi connectivity index (χ2v) is 5.64. The van der Waals surface area contributed by atoms with Crippen LogP contribution in [0.5, 0.6) is 0 Å². The molecule has 0 fully saturated rings. The molecule has 1 aromatic heterocycles. The van der Waals surface area contributed by atoms with Crippen LogP contribution in [0.15, 0.2) is 59.2 Å². The summed E-state index contributed by atoms with van der Waals surface area (Å²) < 4.78 is 20.5. The highest BCUT2D eigenvalue weighted by molar-refractivity contribution is 9.10.